The molecule has 0 aliphatic carbocycles. The minimum absolute atomic E-state index is 0.187. The monoisotopic (exact) mass is 409 g/mol. The van der Waals surface area contributed by atoms with E-state index in [1.807, 2.05) is 17.4 Å². The van der Waals surface area contributed by atoms with Crippen LogP contribution < -0.4 is 5.73 Å². The summed E-state index contributed by atoms with van der Waals surface area (Å²) in [6, 6.07) is 7.82. The first kappa shape index (κ1) is 22.1. The zero-order chi connectivity index (χ0) is 20.6. The SMILES string of the molecule is CCCCCCc1ccc(CCc2ccnc(C(=N)C=C(N)C(F)(F)F)c2)s1. The lowest BCUT2D eigenvalue weighted by Gasteiger charge is -2.07. The number of nitrogens with zero attached hydrogens (tertiary/aromatic N) is 1. The van der Waals surface area contributed by atoms with E-state index in [9.17, 15) is 13.2 Å². The topological polar surface area (TPSA) is 62.8 Å². The van der Waals surface area contributed by atoms with Gasteiger partial charge in [0.25, 0.3) is 0 Å². The summed E-state index contributed by atoms with van der Waals surface area (Å²) in [6.45, 7) is 2.21. The Hall–Kier alpha value is -2.15. The first-order chi connectivity index (χ1) is 13.3. The number of hydrogen-bond donors (Lipinski definition) is 2. The molecule has 0 saturated carbocycles. The smallest absolute Gasteiger partial charge is 0.395 e. The average Bonchev–Trinajstić information content (AvgIpc) is 3.11. The number of halogens is 3. The van der Waals surface area contributed by atoms with Gasteiger partial charge < -0.3 is 5.73 Å². The van der Waals surface area contributed by atoms with Crippen LogP contribution in [0, 0.1) is 5.41 Å². The Bertz CT molecular complexity index is 809. The molecule has 0 aromatic carbocycles. The number of nitrogens with two attached hydrogens (primary N) is 1. The van der Waals surface area contributed by atoms with E-state index in [0.29, 0.717) is 6.08 Å². The molecule has 3 N–H and O–H groups in total. The number of thiophene rings is 1. The van der Waals surface area contributed by atoms with Crippen molar-refractivity contribution in [3.63, 3.8) is 0 Å². The van der Waals surface area contributed by atoms with Crippen LogP contribution in [0.4, 0.5) is 13.2 Å². The molecule has 0 amide bonds. The van der Waals surface area contributed by atoms with Crippen molar-refractivity contribution < 1.29 is 13.2 Å². The molecule has 0 aliphatic heterocycles. The molecule has 0 saturated heterocycles. The van der Waals surface area contributed by atoms with Crippen LogP contribution in [0.1, 0.15) is 53.6 Å². The fraction of sp³-hybridized carbons (Fsp3) is 0.429. The van der Waals surface area contributed by atoms with Crippen LogP contribution in [0.3, 0.4) is 0 Å². The first-order valence-electron chi connectivity index (χ1n) is 9.45. The van der Waals surface area contributed by atoms with Gasteiger partial charge in [0, 0.05) is 16.0 Å². The summed E-state index contributed by atoms with van der Waals surface area (Å²) < 4.78 is 37.6. The molecule has 0 fully saturated rings. The van der Waals surface area contributed by atoms with Crippen molar-refractivity contribution in [1.82, 2.24) is 4.98 Å². The van der Waals surface area contributed by atoms with Crippen LogP contribution >= 0.6 is 11.3 Å². The van der Waals surface area contributed by atoms with E-state index < -0.39 is 11.9 Å². The number of allylic oxidation sites excluding steroid dienone is 2. The molecule has 152 valence electrons. The van der Waals surface area contributed by atoms with Crippen molar-refractivity contribution in [1.29, 1.82) is 5.41 Å². The van der Waals surface area contributed by atoms with E-state index >= 15 is 0 Å². The van der Waals surface area contributed by atoms with Gasteiger partial charge in [-0.05, 0) is 61.6 Å². The molecule has 3 nitrogen and oxygen atoms in total. The summed E-state index contributed by atoms with van der Waals surface area (Å²) in [7, 11) is 0. The molecule has 2 aromatic rings. The molecule has 2 aromatic heterocycles. The molecular weight excluding hydrogens is 383 g/mol. The molecule has 7 heteroatoms. The second kappa shape index (κ2) is 10.4. The average molecular weight is 410 g/mol. The van der Waals surface area contributed by atoms with Crippen LogP contribution in [-0.4, -0.2) is 16.9 Å². The molecule has 0 bridgehead atoms. The van der Waals surface area contributed by atoms with E-state index in [4.69, 9.17) is 11.1 Å². The third-order valence-corrected chi connectivity index (χ3v) is 5.59. The third kappa shape index (κ3) is 7.11. The number of hydrogen-bond acceptors (Lipinski definition) is 4. The highest BCUT2D eigenvalue weighted by molar-refractivity contribution is 7.11. The van der Waals surface area contributed by atoms with Crippen molar-refractivity contribution in [2.24, 2.45) is 5.73 Å². The molecule has 2 heterocycles. The van der Waals surface area contributed by atoms with Gasteiger partial charge in [-0.1, -0.05) is 26.2 Å². The Morgan fingerprint density at radius 3 is 2.50 bits per heavy atom. The number of nitrogens with one attached hydrogen (secondary N) is 1. The van der Waals surface area contributed by atoms with Gasteiger partial charge in [-0.3, -0.25) is 10.4 Å². The fourth-order valence-corrected chi connectivity index (χ4v) is 3.83. The predicted molar refractivity (Wildman–Crippen MR) is 109 cm³/mol. The van der Waals surface area contributed by atoms with Gasteiger partial charge in [-0.2, -0.15) is 13.2 Å². The summed E-state index contributed by atoms with van der Waals surface area (Å²) >= 11 is 1.82. The van der Waals surface area contributed by atoms with E-state index in [1.54, 1.807) is 6.07 Å². The number of rotatable bonds is 10. The van der Waals surface area contributed by atoms with Crippen molar-refractivity contribution >= 4 is 17.0 Å². The maximum Gasteiger partial charge on any atom is 0.430 e. The maximum absolute atomic E-state index is 12.5. The Balaban J connectivity index is 1.93. The Morgan fingerprint density at radius 1 is 1.11 bits per heavy atom. The summed E-state index contributed by atoms with van der Waals surface area (Å²) in [5.41, 5.74) is 4.47. The minimum Gasteiger partial charge on any atom is -0.395 e. The number of pyridine rings is 1. The van der Waals surface area contributed by atoms with Gasteiger partial charge in [-0.25, -0.2) is 0 Å². The summed E-state index contributed by atoms with van der Waals surface area (Å²) in [6.07, 6.45) is 5.21. The lowest BCUT2D eigenvalue weighted by molar-refractivity contribution is -0.0925. The number of aromatic nitrogens is 1. The maximum atomic E-state index is 12.5. The van der Waals surface area contributed by atoms with Crippen LogP contribution in [0.5, 0.6) is 0 Å². The molecule has 0 atom stereocenters. The predicted octanol–water partition coefficient (Wildman–Crippen LogP) is 5.82. The van der Waals surface area contributed by atoms with Gasteiger partial charge in [0.1, 0.15) is 5.70 Å². The molecule has 0 radical (unpaired) electrons. The summed E-state index contributed by atoms with van der Waals surface area (Å²) in [5.74, 6) is 0. The van der Waals surface area contributed by atoms with Gasteiger partial charge in [-0.15, -0.1) is 11.3 Å². The fourth-order valence-electron chi connectivity index (χ4n) is 2.77. The van der Waals surface area contributed by atoms with Gasteiger partial charge in [0.15, 0.2) is 0 Å². The van der Waals surface area contributed by atoms with Crippen molar-refractivity contribution in [2.75, 3.05) is 0 Å². The largest absolute Gasteiger partial charge is 0.430 e. The van der Waals surface area contributed by atoms with Crippen LogP contribution in [0.25, 0.3) is 0 Å². The van der Waals surface area contributed by atoms with Gasteiger partial charge in [0.05, 0.1) is 11.4 Å². The normalized spacial score (nSPS) is 12.4. The zero-order valence-electron chi connectivity index (χ0n) is 16.0. The van der Waals surface area contributed by atoms with Crippen molar-refractivity contribution in [3.05, 3.63) is 63.2 Å². The van der Waals surface area contributed by atoms with E-state index in [2.05, 4.69) is 24.0 Å². The lowest BCUT2D eigenvalue weighted by Crippen LogP contribution is -2.20. The Morgan fingerprint density at radius 2 is 1.82 bits per heavy atom. The van der Waals surface area contributed by atoms with E-state index in [0.717, 1.165) is 24.8 Å². The highest BCUT2D eigenvalue weighted by Gasteiger charge is 2.31. The second-order valence-electron chi connectivity index (χ2n) is 6.74. The zero-order valence-corrected chi connectivity index (χ0v) is 16.8. The lowest BCUT2D eigenvalue weighted by atomic mass is 10.1. The molecule has 0 spiro atoms. The molecule has 0 unspecified atom stereocenters. The van der Waals surface area contributed by atoms with Crippen LogP contribution in [-0.2, 0) is 19.3 Å². The summed E-state index contributed by atoms with van der Waals surface area (Å²) in [5, 5.41) is 7.81. The quantitative estimate of drug-likeness (QED) is 0.383. The highest BCUT2D eigenvalue weighted by atomic mass is 32.1. The van der Waals surface area contributed by atoms with Crippen LogP contribution in [0.2, 0.25) is 0 Å². The van der Waals surface area contributed by atoms with Crippen molar-refractivity contribution in [3.8, 4) is 0 Å². The number of unbranched alkanes of at least 4 members (excludes halogenated alkanes) is 3. The first-order valence-corrected chi connectivity index (χ1v) is 10.3. The molecule has 2 rings (SSSR count). The Kier molecular flexibility index (Phi) is 8.23. The van der Waals surface area contributed by atoms with Crippen molar-refractivity contribution in [2.45, 2.75) is 58.0 Å². The minimum atomic E-state index is -4.64. The van der Waals surface area contributed by atoms with E-state index in [-0.39, 0.29) is 11.4 Å². The molecule has 28 heavy (non-hydrogen) atoms. The van der Waals surface area contributed by atoms with Gasteiger partial charge in [0.2, 0.25) is 0 Å². The van der Waals surface area contributed by atoms with Gasteiger partial charge >= 0.3 is 6.18 Å². The second-order valence-corrected chi connectivity index (χ2v) is 7.99. The standard InChI is InChI=1S/C21H26F3N3S/c1-2-3-4-5-6-16-9-10-17(28-16)8-7-15-11-12-27-19(13-15)18(25)14-20(26)21(22,23)24/h9-14,25H,2-8,26H2,1H3. The summed E-state index contributed by atoms with van der Waals surface area (Å²) in [4.78, 5) is 6.68. The number of alkyl halides is 3. The Labute approximate surface area is 168 Å². The number of aryl methyl sites for hydroxylation is 3. The van der Waals surface area contributed by atoms with Crippen LogP contribution in [0.15, 0.2) is 42.2 Å². The third-order valence-electron chi connectivity index (χ3n) is 4.38. The molecule has 0 aliphatic rings. The highest BCUT2D eigenvalue weighted by Crippen LogP contribution is 2.23. The molecular formula is C21H26F3N3S. The van der Waals surface area contributed by atoms with E-state index in [1.165, 1.54) is 41.6 Å².